The molecule has 1 atom stereocenters. The van der Waals surface area contributed by atoms with E-state index >= 15 is 0 Å². The van der Waals surface area contributed by atoms with Gasteiger partial charge in [0.05, 0.1) is 16.8 Å². The fraction of sp³-hybridized carbons (Fsp3) is 0.400. The molecule has 2 aromatic carbocycles. The maximum absolute atomic E-state index is 12.2. The highest BCUT2D eigenvalue weighted by atomic mass is 32.2. The first-order chi connectivity index (χ1) is 15.4. The van der Waals surface area contributed by atoms with Crippen molar-refractivity contribution in [2.45, 2.75) is 51.4 Å². The molecular weight excluding hydrogens is 422 g/mol. The quantitative estimate of drug-likeness (QED) is 0.343. The Balaban J connectivity index is 1.43. The molecular formula is C25H31N3O3S. The van der Waals surface area contributed by atoms with Crippen LogP contribution in [0.1, 0.15) is 32.8 Å². The number of esters is 1. The van der Waals surface area contributed by atoms with E-state index in [1.807, 2.05) is 49.4 Å². The lowest BCUT2D eigenvalue weighted by molar-refractivity contribution is -0.146. The molecule has 0 aliphatic rings. The third-order valence-electron chi connectivity index (χ3n) is 4.97. The van der Waals surface area contributed by atoms with Gasteiger partial charge < -0.3 is 14.6 Å². The average molecular weight is 454 g/mol. The molecule has 6 nitrogen and oxygen atoms in total. The number of carbonyl (C=O) groups is 2. The van der Waals surface area contributed by atoms with Gasteiger partial charge in [0.15, 0.2) is 11.8 Å². The van der Waals surface area contributed by atoms with Crippen molar-refractivity contribution in [3.63, 3.8) is 0 Å². The number of rotatable bonds is 11. The van der Waals surface area contributed by atoms with Crippen LogP contribution in [-0.2, 0) is 27.3 Å². The number of amides is 1. The molecule has 0 saturated carbocycles. The number of hydrogen-bond acceptors (Lipinski definition) is 5. The number of nitrogens with zero attached hydrogens (tertiary/aromatic N) is 2. The first kappa shape index (κ1) is 23.9. The first-order valence-corrected chi connectivity index (χ1v) is 12.0. The molecule has 1 aromatic heterocycles. The van der Waals surface area contributed by atoms with Crippen LogP contribution in [0, 0.1) is 5.92 Å². The van der Waals surface area contributed by atoms with E-state index in [0.29, 0.717) is 5.92 Å². The van der Waals surface area contributed by atoms with E-state index in [0.717, 1.165) is 35.6 Å². The molecule has 0 aliphatic carbocycles. The topological polar surface area (TPSA) is 73.2 Å². The summed E-state index contributed by atoms with van der Waals surface area (Å²) in [6.45, 7) is 6.81. The maximum Gasteiger partial charge on any atom is 0.316 e. The molecule has 0 fully saturated rings. The predicted molar refractivity (Wildman–Crippen MR) is 129 cm³/mol. The van der Waals surface area contributed by atoms with Crippen molar-refractivity contribution in [1.29, 1.82) is 0 Å². The van der Waals surface area contributed by atoms with Gasteiger partial charge in [0.1, 0.15) is 0 Å². The zero-order chi connectivity index (χ0) is 22.9. The van der Waals surface area contributed by atoms with Crippen LogP contribution in [0.2, 0.25) is 0 Å². The van der Waals surface area contributed by atoms with Crippen LogP contribution in [0.5, 0.6) is 0 Å². The van der Waals surface area contributed by atoms with Crippen LogP contribution in [0.3, 0.4) is 0 Å². The molecule has 32 heavy (non-hydrogen) atoms. The van der Waals surface area contributed by atoms with Crippen LogP contribution in [0.4, 0.5) is 0 Å². The van der Waals surface area contributed by atoms with Gasteiger partial charge in [-0.2, -0.15) is 0 Å². The molecule has 0 spiro atoms. The van der Waals surface area contributed by atoms with Crippen molar-refractivity contribution < 1.29 is 14.3 Å². The maximum atomic E-state index is 12.2. The van der Waals surface area contributed by atoms with Gasteiger partial charge >= 0.3 is 5.97 Å². The number of nitrogens with one attached hydrogen (secondary N) is 1. The van der Waals surface area contributed by atoms with Crippen LogP contribution in [0.25, 0.3) is 11.0 Å². The van der Waals surface area contributed by atoms with Crippen LogP contribution >= 0.6 is 11.8 Å². The third-order valence-corrected chi connectivity index (χ3v) is 5.92. The highest BCUT2D eigenvalue weighted by molar-refractivity contribution is 7.99. The molecule has 1 amide bonds. The molecule has 1 heterocycles. The number of carbonyl (C=O) groups excluding carboxylic acids is 2. The van der Waals surface area contributed by atoms with Crippen LogP contribution in [-0.4, -0.2) is 39.8 Å². The summed E-state index contributed by atoms with van der Waals surface area (Å²) < 4.78 is 7.31. The van der Waals surface area contributed by atoms with Gasteiger partial charge in [-0.1, -0.05) is 68.1 Å². The molecule has 0 unspecified atom stereocenters. The largest absolute Gasteiger partial charge is 0.455 e. The summed E-state index contributed by atoms with van der Waals surface area (Å²) in [4.78, 5) is 29.0. The highest BCUT2D eigenvalue weighted by Gasteiger charge is 2.15. The molecule has 1 N–H and O–H groups in total. The van der Waals surface area contributed by atoms with E-state index in [1.54, 1.807) is 0 Å². The molecule has 170 valence electrons. The Morgan fingerprint density at radius 3 is 2.53 bits per heavy atom. The number of fused-ring (bicyclic) bond motifs is 1. The number of aromatic nitrogens is 2. The number of aryl methyl sites for hydroxylation is 1. The van der Waals surface area contributed by atoms with Crippen molar-refractivity contribution in [2.24, 2.45) is 5.92 Å². The Labute approximate surface area is 193 Å². The van der Waals surface area contributed by atoms with Gasteiger partial charge in [-0.25, -0.2) is 4.98 Å². The lowest BCUT2D eigenvalue weighted by atomic mass is 10.1. The monoisotopic (exact) mass is 453 g/mol. The van der Waals surface area contributed by atoms with Crippen LogP contribution < -0.4 is 5.32 Å². The first-order valence-electron chi connectivity index (χ1n) is 11.0. The summed E-state index contributed by atoms with van der Waals surface area (Å²) in [6.07, 6.45) is 1.71. The number of benzene rings is 2. The summed E-state index contributed by atoms with van der Waals surface area (Å²) in [5, 5.41) is 3.68. The minimum absolute atomic E-state index is 0.00623. The van der Waals surface area contributed by atoms with E-state index in [1.165, 1.54) is 17.3 Å². The van der Waals surface area contributed by atoms with E-state index < -0.39 is 5.97 Å². The van der Waals surface area contributed by atoms with E-state index in [4.69, 9.17) is 4.74 Å². The van der Waals surface area contributed by atoms with Gasteiger partial charge in [-0.15, -0.1) is 0 Å². The average Bonchev–Trinajstić information content (AvgIpc) is 3.12. The fourth-order valence-corrected chi connectivity index (χ4v) is 4.25. The Hall–Kier alpha value is -2.80. The zero-order valence-corrected chi connectivity index (χ0v) is 19.7. The van der Waals surface area contributed by atoms with E-state index in [-0.39, 0.29) is 24.3 Å². The number of para-hydroxylation sites is 2. The highest BCUT2D eigenvalue weighted by Crippen LogP contribution is 2.25. The molecule has 3 rings (SSSR count). The minimum atomic E-state index is -0.426. The molecule has 0 aliphatic heterocycles. The predicted octanol–water partition coefficient (Wildman–Crippen LogP) is 4.47. The van der Waals surface area contributed by atoms with Crippen molar-refractivity contribution in [3.05, 3.63) is 60.2 Å². The van der Waals surface area contributed by atoms with Crippen molar-refractivity contribution in [2.75, 3.05) is 12.4 Å². The second-order valence-electron chi connectivity index (χ2n) is 8.33. The molecule has 3 aromatic rings. The van der Waals surface area contributed by atoms with Gasteiger partial charge in [0.2, 0.25) is 0 Å². The number of thioether (sulfide) groups is 1. The number of hydrogen-bond donors (Lipinski definition) is 1. The SMILES string of the molecule is CC(C)Cn1c(SCC(=O)OCC(=O)N[C@H](C)CCc2ccccc2)nc2ccccc21. The molecule has 7 heteroatoms. The van der Waals surface area contributed by atoms with Gasteiger partial charge in [0, 0.05) is 12.6 Å². The van der Waals surface area contributed by atoms with E-state index in [2.05, 4.69) is 40.8 Å². The standard InChI is InChI=1S/C25H31N3O3S/c1-18(2)15-28-22-12-8-7-11-21(22)27-25(28)32-17-24(30)31-16-23(29)26-19(3)13-14-20-9-5-4-6-10-20/h4-12,18-19H,13-17H2,1-3H3,(H,26,29)/t19-/m1/s1. The smallest absolute Gasteiger partial charge is 0.316 e. The molecule has 0 bridgehead atoms. The third kappa shape index (κ3) is 7.12. The Morgan fingerprint density at radius 1 is 1.06 bits per heavy atom. The second kappa shape index (κ2) is 11.7. The number of imidazole rings is 1. The van der Waals surface area contributed by atoms with Gasteiger partial charge in [-0.3, -0.25) is 9.59 Å². The van der Waals surface area contributed by atoms with Crippen molar-refractivity contribution in [3.8, 4) is 0 Å². The molecule has 0 radical (unpaired) electrons. The zero-order valence-electron chi connectivity index (χ0n) is 18.9. The van der Waals surface area contributed by atoms with E-state index in [9.17, 15) is 9.59 Å². The summed E-state index contributed by atoms with van der Waals surface area (Å²) >= 11 is 1.34. The summed E-state index contributed by atoms with van der Waals surface area (Å²) in [5.41, 5.74) is 3.20. The summed E-state index contributed by atoms with van der Waals surface area (Å²) in [7, 11) is 0. The Morgan fingerprint density at radius 2 is 1.78 bits per heavy atom. The second-order valence-corrected chi connectivity index (χ2v) is 9.27. The van der Waals surface area contributed by atoms with Crippen molar-refractivity contribution >= 4 is 34.7 Å². The summed E-state index contributed by atoms with van der Waals surface area (Å²) in [6, 6.07) is 18.1. The van der Waals surface area contributed by atoms with Gasteiger partial charge in [-0.05, 0) is 43.4 Å². The molecule has 0 saturated heterocycles. The minimum Gasteiger partial charge on any atom is -0.455 e. The van der Waals surface area contributed by atoms with Crippen LogP contribution in [0.15, 0.2) is 59.8 Å². The van der Waals surface area contributed by atoms with Gasteiger partial charge in [0.25, 0.3) is 5.91 Å². The normalized spacial score (nSPS) is 12.1. The summed E-state index contributed by atoms with van der Waals surface area (Å²) in [5.74, 6) is -0.147. The Bertz CT molecular complexity index is 1030. The lowest BCUT2D eigenvalue weighted by Gasteiger charge is -2.14. The Kier molecular flexibility index (Phi) is 8.73. The fourth-order valence-electron chi connectivity index (χ4n) is 3.43. The lowest BCUT2D eigenvalue weighted by Crippen LogP contribution is -2.36. The number of ether oxygens (including phenoxy) is 1. The van der Waals surface area contributed by atoms with Crippen molar-refractivity contribution in [1.82, 2.24) is 14.9 Å².